The smallest absolute Gasteiger partial charge is 0.407 e. The van der Waals surface area contributed by atoms with Crippen LogP contribution in [0.3, 0.4) is 0 Å². The molecule has 1 N–H and O–H groups in total. The first-order valence-electron chi connectivity index (χ1n) is 9.49. The number of ether oxygens (including phenoxy) is 2. The molecule has 1 aromatic heterocycles. The maximum Gasteiger partial charge on any atom is 0.407 e. The van der Waals surface area contributed by atoms with Gasteiger partial charge in [0.15, 0.2) is 0 Å². The fourth-order valence-electron chi connectivity index (χ4n) is 4.83. The van der Waals surface area contributed by atoms with Gasteiger partial charge in [-0.1, -0.05) is 6.07 Å². The summed E-state index contributed by atoms with van der Waals surface area (Å²) in [5.41, 5.74) is 1.12. The lowest BCUT2D eigenvalue weighted by molar-refractivity contribution is -0.0829. The Morgan fingerprint density at radius 1 is 1.19 bits per heavy atom. The SMILES string of the molecule is COc1cccc(C2CCN(C3CC4COCC(C3)N4C(=O)O)CC2)n1. The van der Waals surface area contributed by atoms with E-state index in [2.05, 4.69) is 16.0 Å². The van der Waals surface area contributed by atoms with E-state index < -0.39 is 6.09 Å². The molecular weight excluding hydrogens is 334 g/mol. The molecule has 3 fully saturated rings. The summed E-state index contributed by atoms with van der Waals surface area (Å²) in [4.78, 5) is 20.3. The minimum Gasteiger partial charge on any atom is -0.481 e. The Kier molecular flexibility index (Phi) is 5.00. The van der Waals surface area contributed by atoms with Gasteiger partial charge in [0.1, 0.15) is 0 Å². The maximum atomic E-state index is 11.5. The number of likely N-dealkylation sites (tertiary alicyclic amines) is 1. The molecule has 4 heterocycles. The van der Waals surface area contributed by atoms with Crippen molar-refractivity contribution in [1.82, 2.24) is 14.8 Å². The second-order valence-corrected chi connectivity index (χ2v) is 7.58. The summed E-state index contributed by atoms with van der Waals surface area (Å²) in [6, 6.07) is 6.45. The molecule has 0 saturated carbocycles. The Morgan fingerprint density at radius 2 is 1.88 bits per heavy atom. The van der Waals surface area contributed by atoms with Crippen LogP contribution < -0.4 is 4.74 Å². The lowest BCUT2D eigenvalue weighted by Crippen LogP contribution is -2.62. The third-order valence-corrected chi connectivity index (χ3v) is 6.13. The van der Waals surface area contributed by atoms with Crippen LogP contribution in [-0.2, 0) is 4.74 Å². The Balaban J connectivity index is 1.37. The third-order valence-electron chi connectivity index (χ3n) is 6.13. The summed E-state index contributed by atoms with van der Waals surface area (Å²) in [6.07, 6.45) is 3.14. The van der Waals surface area contributed by atoms with Crippen LogP contribution >= 0.6 is 0 Å². The van der Waals surface area contributed by atoms with Crippen LogP contribution in [0.4, 0.5) is 4.79 Å². The molecule has 2 atom stereocenters. The molecule has 3 saturated heterocycles. The number of nitrogens with zero attached hydrogens (tertiary/aromatic N) is 3. The Bertz CT molecular complexity index is 633. The molecule has 0 radical (unpaired) electrons. The van der Waals surface area contributed by atoms with Crippen molar-refractivity contribution >= 4 is 6.09 Å². The average molecular weight is 361 g/mol. The second kappa shape index (κ2) is 7.40. The van der Waals surface area contributed by atoms with Crippen molar-refractivity contribution in [3.8, 4) is 5.88 Å². The largest absolute Gasteiger partial charge is 0.481 e. The molecule has 26 heavy (non-hydrogen) atoms. The maximum absolute atomic E-state index is 11.5. The Hall–Kier alpha value is -1.86. The first-order chi connectivity index (χ1) is 12.7. The van der Waals surface area contributed by atoms with E-state index in [1.54, 1.807) is 12.0 Å². The molecule has 1 amide bonds. The van der Waals surface area contributed by atoms with Crippen LogP contribution in [-0.4, -0.2) is 77.5 Å². The average Bonchev–Trinajstić information content (AvgIpc) is 2.67. The van der Waals surface area contributed by atoms with Crippen molar-refractivity contribution in [2.45, 2.75) is 49.7 Å². The summed E-state index contributed by atoms with van der Waals surface area (Å²) < 4.78 is 10.9. The molecule has 2 bridgehead atoms. The van der Waals surface area contributed by atoms with Crippen molar-refractivity contribution in [3.63, 3.8) is 0 Å². The van der Waals surface area contributed by atoms with Gasteiger partial charge in [-0.2, -0.15) is 0 Å². The highest BCUT2D eigenvalue weighted by atomic mass is 16.5. The summed E-state index contributed by atoms with van der Waals surface area (Å²) in [5.74, 6) is 1.15. The third kappa shape index (κ3) is 3.38. The minimum absolute atomic E-state index is 0.00257. The lowest BCUT2D eigenvalue weighted by atomic mass is 9.86. The van der Waals surface area contributed by atoms with Crippen molar-refractivity contribution in [3.05, 3.63) is 23.9 Å². The summed E-state index contributed by atoms with van der Waals surface area (Å²) in [7, 11) is 1.65. The molecule has 0 aromatic carbocycles. The first kappa shape index (κ1) is 17.5. The fourth-order valence-corrected chi connectivity index (χ4v) is 4.83. The van der Waals surface area contributed by atoms with Gasteiger partial charge in [0, 0.05) is 23.7 Å². The minimum atomic E-state index is -0.801. The zero-order valence-corrected chi connectivity index (χ0v) is 15.2. The van der Waals surface area contributed by atoms with Gasteiger partial charge in [0.05, 0.1) is 32.4 Å². The lowest BCUT2D eigenvalue weighted by Gasteiger charge is -2.50. The molecule has 4 rings (SSSR count). The number of morpholine rings is 1. The molecule has 3 aliphatic heterocycles. The standard InChI is InChI=1S/C19H27N3O4/c1-25-18-4-2-3-17(20-18)13-5-7-21(8-6-13)14-9-15-11-26-12-16(10-14)22(15)19(23)24/h2-4,13-16H,5-12H2,1H3,(H,23,24). The molecule has 0 spiro atoms. The van der Waals surface area contributed by atoms with Crippen molar-refractivity contribution in [1.29, 1.82) is 0 Å². The number of piperidine rings is 2. The van der Waals surface area contributed by atoms with Crippen LogP contribution in [0.2, 0.25) is 0 Å². The highest BCUT2D eigenvalue weighted by Crippen LogP contribution is 2.34. The number of methoxy groups -OCH3 is 1. The molecule has 142 valence electrons. The predicted octanol–water partition coefficient (Wildman–Crippen LogP) is 2.18. The summed E-state index contributed by atoms with van der Waals surface area (Å²) in [6.45, 7) is 3.15. The van der Waals surface area contributed by atoms with Gasteiger partial charge in [-0.25, -0.2) is 9.78 Å². The second-order valence-electron chi connectivity index (χ2n) is 7.58. The van der Waals surface area contributed by atoms with E-state index in [0.29, 0.717) is 31.1 Å². The number of carbonyl (C=O) groups is 1. The number of rotatable bonds is 3. The Labute approximate surface area is 153 Å². The van der Waals surface area contributed by atoms with Crippen LogP contribution in [0, 0.1) is 0 Å². The predicted molar refractivity (Wildman–Crippen MR) is 95.6 cm³/mol. The van der Waals surface area contributed by atoms with Gasteiger partial charge >= 0.3 is 6.09 Å². The van der Waals surface area contributed by atoms with E-state index in [0.717, 1.165) is 44.5 Å². The molecule has 3 aliphatic rings. The van der Waals surface area contributed by atoms with E-state index in [4.69, 9.17) is 9.47 Å². The summed E-state index contributed by atoms with van der Waals surface area (Å²) in [5, 5.41) is 9.48. The number of carboxylic acid groups (broad SMARTS) is 1. The van der Waals surface area contributed by atoms with Gasteiger partial charge in [-0.05, 0) is 44.8 Å². The van der Waals surface area contributed by atoms with E-state index >= 15 is 0 Å². The van der Waals surface area contributed by atoms with Crippen molar-refractivity contribution in [2.75, 3.05) is 33.4 Å². The van der Waals surface area contributed by atoms with Crippen molar-refractivity contribution < 1.29 is 19.4 Å². The zero-order chi connectivity index (χ0) is 18.1. The van der Waals surface area contributed by atoms with E-state index in [9.17, 15) is 9.90 Å². The van der Waals surface area contributed by atoms with E-state index in [1.807, 2.05) is 12.1 Å². The van der Waals surface area contributed by atoms with Crippen LogP contribution in [0.25, 0.3) is 0 Å². The molecular formula is C19H27N3O4. The van der Waals surface area contributed by atoms with Gasteiger partial charge in [0.25, 0.3) is 0 Å². The van der Waals surface area contributed by atoms with Gasteiger partial charge in [-0.3, -0.25) is 4.90 Å². The van der Waals surface area contributed by atoms with E-state index in [1.165, 1.54) is 0 Å². The molecule has 7 nitrogen and oxygen atoms in total. The quantitative estimate of drug-likeness (QED) is 0.889. The van der Waals surface area contributed by atoms with Gasteiger partial charge in [0.2, 0.25) is 5.88 Å². The highest BCUT2D eigenvalue weighted by molar-refractivity contribution is 5.66. The molecule has 7 heteroatoms. The molecule has 2 unspecified atom stereocenters. The zero-order valence-electron chi connectivity index (χ0n) is 15.2. The van der Waals surface area contributed by atoms with Gasteiger partial charge < -0.3 is 19.5 Å². The van der Waals surface area contributed by atoms with Crippen LogP contribution in [0.5, 0.6) is 5.88 Å². The fraction of sp³-hybridized carbons (Fsp3) is 0.684. The number of hydrogen-bond acceptors (Lipinski definition) is 5. The summed E-state index contributed by atoms with van der Waals surface area (Å²) >= 11 is 0. The number of aromatic nitrogens is 1. The van der Waals surface area contributed by atoms with E-state index in [-0.39, 0.29) is 12.1 Å². The Morgan fingerprint density at radius 3 is 2.50 bits per heavy atom. The normalized spacial score (nSPS) is 30.2. The molecule has 0 aliphatic carbocycles. The topological polar surface area (TPSA) is 75.1 Å². The highest BCUT2D eigenvalue weighted by Gasteiger charge is 2.43. The van der Waals surface area contributed by atoms with Gasteiger partial charge in [-0.15, -0.1) is 0 Å². The van der Waals surface area contributed by atoms with Crippen molar-refractivity contribution in [2.24, 2.45) is 0 Å². The number of amides is 1. The van der Waals surface area contributed by atoms with Crippen LogP contribution in [0.1, 0.15) is 37.3 Å². The first-order valence-corrected chi connectivity index (χ1v) is 9.49. The number of hydrogen-bond donors (Lipinski definition) is 1. The van der Waals surface area contributed by atoms with Crippen LogP contribution in [0.15, 0.2) is 18.2 Å². The molecule has 1 aromatic rings. The monoisotopic (exact) mass is 361 g/mol. The number of pyridine rings is 1. The number of fused-ring (bicyclic) bond motifs is 2.